The van der Waals surface area contributed by atoms with E-state index in [-0.39, 0.29) is 18.3 Å². The summed E-state index contributed by atoms with van der Waals surface area (Å²) in [5, 5.41) is 9.62. The lowest BCUT2D eigenvalue weighted by Crippen LogP contribution is -2.35. The minimum Gasteiger partial charge on any atom is -0.498 e. The van der Waals surface area contributed by atoms with Gasteiger partial charge in [-0.3, -0.25) is 0 Å². The molecular formula is C19H28O5. The molecule has 1 heterocycles. The van der Waals surface area contributed by atoms with E-state index in [9.17, 15) is 5.11 Å². The Hall–Kier alpha value is -1.56. The number of aliphatic hydroxyl groups excluding tert-OH is 1. The summed E-state index contributed by atoms with van der Waals surface area (Å²) in [7, 11) is 0. The van der Waals surface area contributed by atoms with E-state index in [0.29, 0.717) is 19.6 Å². The summed E-state index contributed by atoms with van der Waals surface area (Å²) >= 11 is 0. The highest BCUT2D eigenvalue weighted by atomic mass is 16.7. The van der Waals surface area contributed by atoms with Crippen LogP contribution < -0.4 is 4.74 Å². The first-order valence-corrected chi connectivity index (χ1v) is 8.56. The van der Waals surface area contributed by atoms with Crippen LogP contribution in [0.3, 0.4) is 0 Å². The minimum atomic E-state index is -0.398. The Morgan fingerprint density at radius 2 is 1.96 bits per heavy atom. The van der Waals surface area contributed by atoms with Crippen LogP contribution in [-0.4, -0.2) is 36.6 Å². The summed E-state index contributed by atoms with van der Waals surface area (Å²) in [5.74, 6) is 0.773. The van der Waals surface area contributed by atoms with Crippen molar-refractivity contribution in [1.82, 2.24) is 0 Å². The molecule has 1 fully saturated rings. The van der Waals surface area contributed by atoms with Crippen molar-refractivity contribution in [1.29, 1.82) is 0 Å². The number of benzene rings is 1. The number of rotatable bonds is 9. The van der Waals surface area contributed by atoms with E-state index in [1.54, 1.807) is 6.92 Å². The van der Waals surface area contributed by atoms with Gasteiger partial charge in [0.1, 0.15) is 19.0 Å². The van der Waals surface area contributed by atoms with Crippen molar-refractivity contribution in [2.24, 2.45) is 0 Å². The second kappa shape index (κ2) is 9.67. The van der Waals surface area contributed by atoms with Crippen LogP contribution in [0.4, 0.5) is 0 Å². The number of ether oxygens (including phenoxy) is 4. The minimum absolute atomic E-state index is 0.0145. The maximum atomic E-state index is 9.62. The van der Waals surface area contributed by atoms with Gasteiger partial charge >= 0.3 is 0 Å². The highest BCUT2D eigenvalue weighted by molar-refractivity contribution is 5.28. The molecule has 5 heteroatoms. The average Bonchev–Trinajstić information content (AvgIpc) is 2.58. The Labute approximate surface area is 144 Å². The molecule has 4 atom stereocenters. The van der Waals surface area contributed by atoms with Crippen LogP contribution in [0.2, 0.25) is 0 Å². The number of aliphatic hydroxyl groups is 1. The number of hydrogen-bond acceptors (Lipinski definition) is 5. The van der Waals surface area contributed by atoms with Crippen molar-refractivity contribution in [3.05, 3.63) is 42.7 Å². The molecule has 1 N–H and O–H groups in total. The third-order valence-electron chi connectivity index (χ3n) is 3.96. The van der Waals surface area contributed by atoms with E-state index in [0.717, 1.165) is 24.2 Å². The fourth-order valence-corrected chi connectivity index (χ4v) is 2.75. The van der Waals surface area contributed by atoms with E-state index < -0.39 is 6.29 Å². The zero-order valence-corrected chi connectivity index (χ0v) is 14.5. The van der Waals surface area contributed by atoms with E-state index in [1.807, 2.05) is 24.3 Å². The molecule has 5 nitrogen and oxygen atoms in total. The highest BCUT2D eigenvalue weighted by Gasteiger charge is 2.30. The molecule has 4 unspecified atom stereocenters. The largest absolute Gasteiger partial charge is 0.498 e. The SMILES string of the molecule is C=COCCOc1ccc(C2OC(CC)CC(CC(C)O)O2)cc1. The third kappa shape index (κ3) is 5.82. The van der Waals surface area contributed by atoms with Gasteiger partial charge in [-0.15, -0.1) is 0 Å². The standard InChI is InChI=1S/C19H28O5/c1-4-16-13-18(12-14(3)20)24-19(23-16)15-6-8-17(9-7-15)22-11-10-21-5-2/h5-9,14,16,18-20H,2,4,10-13H2,1,3H3. The highest BCUT2D eigenvalue weighted by Crippen LogP contribution is 2.33. The lowest BCUT2D eigenvalue weighted by atomic mass is 10.0. The molecule has 2 rings (SSSR count). The Balaban J connectivity index is 1.94. The van der Waals surface area contributed by atoms with Crippen LogP contribution in [0.1, 0.15) is 45.0 Å². The fraction of sp³-hybridized carbons (Fsp3) is 0.579. The summed E-state index contributed by atoms with van der Waals surface area (Å²) in [6, 6.07) is 7.70. The zero-order valence-electron chi connectivity index (χ0n) is 14.5. The molecule has 1 aromatic rings. The molecule has 0 bridgehead atoms. The van der Waals surface area contributed by atoms with Crippen LogP contribution in [0, 0.1) is 0 Å². The van der Waals surface area contributed by atoms with Gasteiger partial charge in [0.15, 0.2) is 6.29 Å². The van der Waals surface area contributed by atoms with Crippen molar-refractivity contribution in [2.45, 2.75) is 57.7 Å². The van der Waals surface area contributed by atoms with Crippen molar-refractivity contribution in [2.75, 3.05) is 13.2 Å². The van der Waals surface area contributed by atoms with Crippen LogP contribution in [0.15, 0.2) is 37.1 Å². The topological polar surface area (TPSA) is 57.2 Å². The predicted molar refractivity (Wildman–Crippen MR) is 91.8 cm³/mol. The van der Waals surface area contributed by atoms with Crippen molar-refractivity contribution >= 4 is 0 Å². The summed E-state index contributed by atoms with van der Waals surface area (Å²) in [4.78, 5) is 0. The van der Waals surface area contributed by atoms with Crippen LogP contribution in [0.5, 0.6) is 5.75 Å². The Morgan fingerprint density at radius 1 is 1.25 bits per heavy atom. The first-order valence-electron chi connectivity index (χ1n) is 8.56. The first-order chi connectivity index (χ1) is 11.6. The van der Waals surface area contributed by atoms with Gasteiger partial charge in [0.05, 0.1) is 24.6 Å². The second-order valence-corrected chi connectivity index (χ2v) is 6.03. The van der Waals surface area contributed by atoms with Gasteiger partial charge in [-0.05, 0) is 31.9 Å². The molecule has 24 heavy (non-hydrogen) atoms. The normalized spacial score (nSPS) is 25.0. The number of hydrogen-bond donors (Lipinski definition) is 1. The van der Waals surface area contributed by atoms with Gasteiger partial charge < -0.3 is 24.1 Å². The van der Waals surface area contributed by atoms with Gasteiger partial charge in [-0.1, -0.05) is 25.6 Å². The molecule has 0 aromatic heterocycles. The molecular weight excluding hydrogens is 308 g/mol. The lowest BCUT2D eigenvalue weighted by molar-refractivity contribution is -0.252. The van der Waals surface area contributed by atoms with Gasteiger partial charge in [-0.25, -0.2) is 0 Å². The van der Waals surface area contributed by atoms with Gasteiger partial charge in [0.25, 0.3) is 0 Å². The summed E-state index contributed by atoms with van der Waals surface area (Å²) in [5.41, 5.74) is 0.957. The van der Waals surface area contributed by atoms with E-state index in [2.05, 4.69) is 13.5 Å². The molecule has 0 aliphatic carbocycles. The quantitative estimate of drug-likeness (QED) is 0.552. The van der Waals surface area contributed by atoms with E-state index >= 15 is 0 Å². The smallest absolute Gasteiger partial charge is 0.184 e. The molecule has 1 saturated heterocycles. The van der Waals surface area contributed by atoms with Crippen LogP contribution >= 0.6 is 0 Å². The van der Waals surface area contributed by atoms with Crippen LogP contribution in [0.25, 0.3) is 0 Å². The molecule has 0 amide bonds. The monoisotopic (exact) mass is 336 g/mol. The van der Waals surface area contributed by atoms with Gasteiger partial charge in [0, 0.05) is 12.0 Å². The summed E-state index contributed by atoms with van der Waals surface area (Å²) < 4.78 is 22.6. The molecule has 0 spiro atoms. The molecule has 1 aliphatic rings. The van der Waals surface area contributed by atoms with Gasteiger partial charge in [0.2, 0.25) is 0 Å². The molecule has 1 aliphatic heterocycles. The predicted octanol–water partition coefficient (Wildman–Crippen LogP) is 3.58. The Bertz CT molecular complexity index is 485. The Morgan fingerprint density at radius 3 is 2.58 bits per heavy atom. The van der Waals surface area contributed by atoms with Crippen molar-refractivity contribution in [3.8, 4) is 5.75 Å². The van der Waals surface area contributed by atoms with Crippen LogP contribution in [-0.2, 0) is 14.2 Å². The fourth-order valence-electron chi connectivity index (χ4n) is 2.75. The van der Waals surface area contributed by atoms with E-state index in [4.69, 9.17) is 18.9 Å². The summed E-state index contributed by atoms with van der Waals surface area (Å²) in [6.45, 7) is 8.32. The maximum absolute atomic E-state index is 9.62. The first kappa shape index (κ1) is 18.8. The van der Waals surface area contributed by atoms with E-state index in [1.165, 1.54) is 6.26 Å². The Kier molecular flexibility index (Phi) is 7.56. The third-order valence-corrected chi connectivity index (χ3v) is 3.96. The van der Waals surface area contributed by atoms with Crippen molar-refractivity contribution in [3.63, 3.8) is 0 Å². The molecule has 134 valence electrons. The maximum Gasteiger partial charge on any atom is 0.184 e. The average molecular weight is 336 g/mol. The molecule has 0 saturated carbocycles. The van der Waals surface area contributed by atoms with Gasteiger partial charge in [-0.2, -0.15) is 0 Å². The van der Waals surface area contributed by atoms with Crippen molar-refractivity contribution < 1.29 is 24.1 Å². The summed E-state index contributed by atoms with van der Waals surface area (Å²) in [6.07, 6.45) is 3.17. The molecule has 0 radical (unpaired) electrons. The second-order valence-electron chi connectivity index (χ2n) is 6.03. The zero-order chi connectivity index (χ0) is 17.4. The molecule has 1 aromatic carbocycles. The lowest BCUT2D eigenvalue weighted by Gasteiger charge is -2.36.